The van der Waals surface area contributed by atoms with Crippen LogP contribution in [-0.4, -0.2) is 97.0 Å². The summed E-state index contributed by atoms with van der Waals surface area (Å²) in [4.78, 5) is 11.9. The van der Waals surface area contributed by atoms with E-state index in [0.29, 0.717) is 72.0 Å². The summed E-state index contributed by atoms with van der Waals surface area (Å²) in [6.45, 7) is 15.1. The molecule has 1 aliphatic carbocycles. The number of unbranched alkanes of at least 4 members (excludes halogenated alkanes) is 1. The van der Waals surface area contributed by atoms with Gasteiger partial charge in [-0.1, -0.05) is 13.3 Å². The topological polar surface area (TPSA) is 93.7 Å². The van der Waals surface area contributed by atoms with Crippen molar-refractivity contribution in [2.45, 2.75) is 77.9 Å². The lowest BCUT2D eigenvalue weighted by molar-refractivity contribution is -0.0194. The SMILES string of the molecule is CCCCOCCOCCOCCOCCOCCOCC1CCC(NC(=O)OC(C)(C)C)CC1. The summed E-state index contributed by atoms with van der Waals surface area (Å²) in [5.74, 6) is 0.541. The molecular weight excluding hydrogens is 454 g/mol. The second kappa shape index (κ2) is 21.1. The molecule has 0 aromatic carbocycles. The maximum Gasteiger partial charge on any atom is 0.407 e. The number of hydrogen-bond acceptors (Lipinski definition) is 8. The molecule has 0 atom stereocenters. The molecule has 1 aliphatic rings. The smallest absolute Gasteiger partial charge is 0.407 e. The van der Waals surface area contributed by atoms with Crippen LogP contribution in [-0.2, 0) is 33.2 Å². The number of carbonyl (C=O) groups is 1. The first kappa shape index (κ1) is 32.1. The first-order valence-electron chi connectivity index (χ1n) is 13.4. The molecule has 1 rings (SSSR count). The Morgan fingerprint density at radius 1 is 0.686 bits per heavy atom. The molecule has 0 aliphatic heterocycles. The van der Waals surface area contributed by atoms with E-state index >= 15 is 0 Å². The third-order valence-electron chi connectivity index (χ3n) is 5.42. The Bertz CT molecular complexity index is 492. The van der Waals surface area contributed by atoms with Crippen LogP contribution in [0, 0.1) is 5.92 Å². The second-order valence-corrected chi connectivity index (χ2v) is 9.85. The highest BCUT2D eigenvalue weighted by atomic mass is 16.6. The molecule has 208 valence electrons. The van der Waals surface area contributed by atoms with Crippen molar-refractivity contribution in [1.29, 1.82) is 0 Å². The Morgan fingerprint density at radius 2 is 1.11 bits per heavy atom. The Morgan fingerprint density at radius 3 is 1.54 bits per heavy atom. The van der Waals surface area contributed by atoms with Crippen LogP contribution in [0.3, 0.4) is 0 Å². The molecule has 0 bridgehead atoms. The lowest BCUT2D eigenvalue weighted by Gasteiger charge is -2.30. The summed E-state index contributed by atoms with van der Waals surface area (Å²) < 4.78 is 38.4. The third-order valence-corrected chi connectivity index (χ3v) is 5.42. The van der Waals surface area contributed by atoms with Crippen molar-refractivity contribution in [2.75, 3.05) is 79.3 Å². The summed E-state index contributed by atoms with van der Waals surface area (Å²) in [6, 6.07) is 0.198. The van der Waals surface area contributed by atoms with E-state index in [1.54, 1.807) is 0 Å². The number of hydrogen-bond donors (Lipinski definition) is 1. The van der Waals surface area contributed by atoms with Gasteiger partial charge in [-0.2, -0.15) is 0 Å². The summed E-state index contributed by atoms with van der Waals surface area (Å²) in [6.07, 6.45) is 5.96. The van der Waals surface area contributed by atoms with Crippen molar-refractivity contribution in [3.05, 3.63) is 0 Å². The van der Waals surface area contributed by atoms with E-state index in [2.05, 4.69) is 12.2 Å². The molecule has 0 spiro atoms. The highest BCUT2D eigenvalue weighted by molar-refractivity contribution is 5.68. The van der Waals surface area contributed by atoms with Crippen LogP contribution >= 0.6 is 0 Å². The molecule has 9 heteroatoms. The zero-order valence-corrected chi connectivity index (χ0v) is 22.6. The molecule has 1 amide bonds. The molecular formula is C26H51NO8. The van der Waals surface area contributed by atoms with Crippen LogP contribution < -0.4 is 5.32 Å². The lowest BCUT2D eigenvalue weighted by atomic mass is 9.86. The fourth-order valence-electron chi connectivity index (χ4n) is 3.54. The molecule has 0 heterocycles. The van der Waals surface area contributed by atoms with Gasteiger partial charge in [0.2, 0.25) is 0 Å². The maximum atomic E-state index is 11.9. The van der Waals surface area contributed by atoms with Crippen molar-refractivity contribution < 1.29 is 38.0 Å². The van der Waals surface area contributed by atoms with Crippen molar-refractivity contribution in [1.82, 2.24) is 5.32 Å². The Hall–Kier alpha value is -0.970. The van der Waals surface area contributed by atoms with Gasteiger partial charge in [0.1, 0.15) is 5.60 Å². The van der Waals surface area contributed by atoms with Crippen molar-refractivity contribution in [2.24, 2.45) is 5.92 Å². The van der Waals surface area contributed by atoms with Gasteiger partial charge in [-0.25, -0.2) is 4.79 Å². The van der Waals surface area contributed by atoms with Crippen molar-refractivity contribution in [3.63, 3.8) is 0 Å². The number of amides is 1. The van der Waals surface area contributed by atoms with Gasteiger partial charge in [0.25, 0.3) is 0 Å². The third kappa shape index (κ3) is 20.9. The quantitative estimate of drug-likeness (QED) is 0.234. The van der Waals surface area contributed by atoms with Gasteiger partial charge in [0.05, 0.1) is 66.1 Å². The lowest BCUT2D eigenvalue weighted by Crippen LogP contribution is -2.41. The summed E-state index contributed by atoms with van der Waals surface area (Å²) >= 11 is 0. The van der Waals surface area contributed by atoms with Gasteiger partial charge in [-0.05, 0) is 58.8 Å². The molecule has 0 aromatic rings. The fraction of sp³-hybridized carbons (Fsp3) is 0.962. The molecule has 1 fully saturated rings. The van der Waals surface area contributed by atoms with Gasteiger partial charge in [-0.3, -0.25) is 0 Å². The normalized spacial score (nSPS) is 18.5. The molecule has 1 saturated carbocycles. The zero-order chi connectivity index (χ0) is 25.6. The largest absolute Gasteiger partial charge is 0.444 e. The van der Waals surface area contributed by atoms with E-state index in [-0.39, 0.29) is 12.1 Å². The van der Waals surface area contributed by atoms with Gasteiger partial charge >= 0.3 is 6.09 Å². The van der Waals surface area contributed by atoms with Crippen LogP contribution in [0.5, 0.6) is 0 Å². The van der Waals surface area contributed by atoms with Crippen LogP contribution in [0.15, 0.2) is 0 Å². The van der Waals surface area contributed by atoms with Gasteiger partial charge in [0.15, 0.2) is 0 Å². The number of nitrogens with one attached hydrogen (secondary N) is 1. The van der Waals surface area contributed by atoms with E-state index in [1.165, 1.54) is 0 Å². The fourth-order valence-corrected chi connectivity index (χ4v) is 3.54. The number of alkyl carbamates (subject to hydrolysis) is 1. The molecule has 9 nitrogen and oxygen atoms in total. The molecule has 35 heavy (non-hydrogen) atoms. The monoisotopic (exact) mass is 505 g/mol. The highest BCUT2D eigenvalue weighted by Crippen LogP contribution is 2.24. The van der Waals surface area contributed by atoms with Crippen LogP contribution in [0.1, 0.15) is 66.2 Å². The first-order valence-corrected chi connectivity index (χ1v) is 13.4. The molecule has 1 N–H and O–H groups in total. The maximum absolute atomic E-state index is 11.9. The van der Waals surface area contributed by atoms with Gasteiger partial charge in [-0.15, -0.1) is 0 Å². The van der Waals surface area contributed by atoms with Gasteiger partial charge < -0.3 is 38.5 Å². The number of ether oxygens (including phenoxy) is 7. The first-order chi connectivity index (χ1) is 16.9. The predicted molar refractivity (Wildman–Crippen MR) is 135 cm³/mol. The number of carbonyl (C=O) groups excluding carboxylic acids is 1. The molecule has 0 saturated heterocycles. The van der Waals surface area contributed by atoms with Crippen LogP contribution in [0.25, 0.3) is 0 Å². The summed E-state index contributed by atoms with van der Waals surface area (Å²) in [7, 11) is 0. The highest BCUT2D eigenvalue weighted by Gasteiger charge is 2.24. The van der Waals surface area contributed by atoms with E-state index in [0.717, 1.165) is 51.7 Å². The van der Waals surface area contributed by atoms with Crippen molar-refractivity contribution in [3.8, 4) is 0 Å². The average Bonchev–Trinajstić information content (AvgIpc) is 2.80. The Kier molecular flexibility index (Phi) is 19.4. The van der Waals surface area contributed by atoms with E-state index in [4.69, 9.17) is 33.2 Å². The van der Waals surface area contributed by atoms with Crippen LogP contribution in [0.4, 0.5) is 4.79 Å². The average molecular weight is 506 g/mol. The minimum atomic E-state index is -0.462. The minimum absolute atomic E-state index is 0.198. The Labute approximate surface area is 212 Å². The number of rotatable bonds is 21. The van der Waals surface area contributed by atoms with E-state index in [1.807, 2.05) is 20.8 Å². The zero-order valence-electron chi connectivity index (χ0n) is 22.6. The standard InChI is InChI=1S/C26H51NO8/c1-5-6-11-29-12-13-30-14-15-31-16-17-32-18-19-33-20-21-34-22-23-7-9-24(10-8-23)27-25(28)35-26(2,3)4/h23-24H,5-22H2,1-4H3,(H,27,28). The van der Waals surface area contributed by atoms with Crippen LogP contribution in [0.2, 0.25) is 0 Å². The van der Waals surface area contributed by atoms with Crippen molar-refractivity contribution >= 4 is 6.09 Å². The van der Waals surface area contributed by atoms with Gasteiger partial charge in [0, 0.05) is 19.3 Å². The predicted octanol–water partition coefficient (Wildman–Crippen LogP) is 3.97. The summed E-state index contributed by atoms with van der Waals surface area (Å²) in [5.41, 5.74) is -0.462. The minimum Gasteiger partial charge on any atom is -0.444 e. The molecule has 0 radical (unpaired) electrons. The molecule has 0 aromatic heterocycles. The molecule has 0 unspecified atom stereocenters. The van der Waals surface area contributed by atoms with E-state index in [9.17, 15) is 4.79 Å². The van der Waals surface area contributed by atoms with E-state index < -0.39 is 5.60 Å². The summed E-state index contributed by atoms with van der Waals surface area (Å²) in [5, 5.41) is 2.97. The second-order valence-electron chi connectivity index (χ2n) is 9.85. The Balaban J connectivity index is 1.78.